The highest BCUT2D eigenvalue weighted by Gasteiger charge is 2.36. The number of hydrogen-bond acceptors (Lipinski definition) is 10. The van der Waals surface area contributed by atoms with Crippen LogP contribution in [0.5, 0.6) is 40.2 Å². The monoisotopic (exact) mass is 494 g/mol. The molecule has 0 saturated carbocycles. The molecule has 0 bridgehead atoms. The molecule has 186 valence electrons. The van der Waals surface area contributed by atoms with E-state index in [0.717, 1.165) is 6.07 Å². The first kappa shape index (κ1) is 23.2. The Kier molecular flexibility index (Phi) is 5.73. The molecule has 3 aromatic carbocycles. The maximum atomic E-state index is 12.7. The summed E-state index contributed by atoms with van der Waals surface area (Å²) >= 11 is 0. The van der Waals surface area contributed by atoms with Crippen LogP contribution >= 0.6 is 0 Å². The zero-order chi connectivity index (χ0) is 25.6. The third-order valence-electron chi connectivity index (χ3n) is 5.91. The van der Waals surface area contributed by atoms with Gasteiger partial charge in [0.15, 0.2) is 40.6 Å². The second-order valence-electron chi connectivity index (χ2n) is 8.10. The fourth-order valence-corrected chi connectivity index (χ4v) is 4.25. The molecule has 0 saturated heterocycles. The first-order chi connectivity index (χ1) is 17.3. The zero-order valence-electron chi connectivity index (χ0n) is 19.2. The fourth-order valence-electron chi connectivity index (χ4n) is 4.25. The first-order valence-corrected chi connectivity index (χ1v) is 10.9. The van der Waals surface area contributed by atoms with Crippen LogP contribution in [0.15, 0.2) is 57.7 Å². The second-order valence-corrected chi connectivity index (χ2v) is 8.10. The summed E-state index contributed by atoms with van der Waals surface area (Å²) in [5.74, 6) is 0.345. The highest BCUT2D eigenvalue weighted by atomic mass is 16.6. The minimum atomic E-state index is -0.839. The molecule has 0 amide bonds. The molecule has 10 nitrogen and oxygen atoms in total. The maximum absolute atomic E-state index is 12.7. The molecule has 0 radical (unpaired) electrons. The number of aliphatic hydroxyl groups excluding tert-OH is 1. The SMILES string of the molecule is COc1cc(C2Oc3ccc(-c4cc(=O)c5c(O)cc(O)cc5o4)c(OC)c3OC2CO)ccc1O. The third-order valence-corrected chi connectivity index (χ3v) is 5.91. The van der Waals surface area contributed by atoms with Crippen molar-refractivity contribution >= 4 is 11.0 Å². The molecule has 0 spiro atoms. The minimum Gasteiger partial charge on any atom is -0.508 e. The Hall–Kier alpha value is -4.57. The molecule has 4 aromatic rings. The van der Waals surface area contributed by atoms with Crippen LogP contribution in [0, 0.1) is 0 Å². The third kappa shape index (κ3) is 3.77. The van der Waals surface area contributed by atoms with Gasteiger partial charge in [0.2, 0.25) is 5.75 Å². The van der Waals surface area contributed by atoms with Crippen LogP contribution in [0.25, 0.3) is 22.3 Å². The van der Waals surface area contributed by atoms with Gasteiger partial charge in [0.1, 0.15) is 28.2 Å². The van der Waals surface area contributed by atoms with Gasteiger partial charge in [0.05, 0.1) is 26.4 Å². The van der Waals surface area contributed by atoms with Gasteiger partial charge < -0.3 is 43.8 Å². The van der Waals surface area contributed by atoms with E-state index >= 15 is 0 Å². The van der Waals surface area contributed by atoms with Crippen LogP contribution in [-0.2, 0) is 0 Å². The Balaban J connectivity index is 1.60. The lowest BCUT2D eigenvalue weighted by molar-refractivity contribution is -0.0141. The van der Waals surface area contributed by atoms with Crippen LogP contribution in [0.4, 0.5) is 0 Å². The number of hydrogen-bond donors (Lipinski definition) is 4. The van der Waals surface area contributed by atoms with Crippen molar-refractivity contribution in [1.29, 1.82) is 0 Å². The van der Waals surface area contributed by atoms with Crippen LogP contribution in [-0.4, -0.2) is 47.4 Å². The summed E-state index contributed by atoms with van der Waals surface area (Å²) < 4.78 is 28.8. The van der Waals surface area contributed by atoms with E-state index in [4.69, 9.17) is 23.4 Å². The molecular formula is C26H22O10. The van der Waals surface area contributed by atoms with E-state index in [9.17, 15) is 25.2 Å². The smallest absolute Gasteiger partial charge is 0.204 e. The fraction of sp³-hybridized carbons (Fsp3) is 0.192. The van der Waals surface area contributed by atoms with E-state index in [1.54, 1.807) is 24.3 Å². The van der Waals surface area contributed by atoms with Gasteiger partial charge in [-0.1, -0.05) is 6.07 Å². The zero-order valence-corrected chi connectivity index (χ0v) is 19.2. The quantitative estimate of drug-likeness (QED) is 0.325. The van der Waals surface area contributed by atoms with Gasteiger partial charge >= 0.3 is 0 Å². The minimum absolute atomic E-state index is 0.0125. The van der Waals surface area contributed by atoms with Crippen molar-refractivity contribution in [3.63, 3.8) is 0 Å². The van der Waals surface area contributed by atoms with E-state index in [1.807, 2.05) is 0 Å². The summed E-state index contributed by atoms with van der Waals surface area (Å²) in [4.78, 5) is 12.7. The number of phenolic OH excluding ortho intramolecular Hbond substituents is 3. The van der Waals surface area contributed by atoms with Crippen molar-refractivity contribution in [3.05, 3.63) is 64.3 Å². The molecule has 1 aliphatic rings. The van der Waals surface area contributed by atoms with Crippen molar-refractivity contribution in [1.82, 2.24) is 0 Å². The summed E-state index contributed by atoms with van der Waals surface area (Å²) in [5, 5.41) is 39.8. The van der Waals surface area contributed by atoms with E-state index in [2.05, 4.69) is 0 Å². The van der Waals surface area contributed by atoms with E-state index in [0.29, 0.717) is 16.9 Å². The molecule has 5 rings (SSSR count). The Labute approximate surface area is 204 Å². The molecule has 36 heavy (non-hydrogen) atoms. The molecule has 1 aliphatic heterocycles. The number of methoxy groups -OCH3 is 2. The van der Waals surface area contributed by atoms with Gasteiger partial charge in [-0.15, -0.1) is 0 Å². The standard InChI is InChI=1S/C26H22O10/c1-32-20-7-12(3-5-15(20)29)24-22(11-27)36-26-18(35-24)6-4-14(25(26)33-2)19-10-17(31)23-16(30)8-13(28)9-21(23)34-19/h3-10,22,24,27-30H,11H2,1-2H3. The highest BCUT2D eigenvalue weighted by molar-refractivity contribution is 5.86. The largest absolute Gasteiger partial charge is 0.508 e. The summed E-state index contributed by atoms with van der Waals surface area (Å²) in [7, 11) is 2.83. The lowest BCUT2D eigenvalue weighted by Gasteiger charge is -2.34. The van der Waals surface area contributed by atoms with Crippen molar-refractivity contribution in [2.45, 2.75) is 12.2 Å². The molecule has 0 aliphatic carbocycles. The van der Waals surface area contributed by atoms with E-state index in [-0.39, 0.29) is 45.5 Å². The normalized spacial score (nSPS) is 16.6. The molecular weight excluding hydrogens is 472 g/mol. The number of aromatic hydroxyl groups is 3. The Morgan fingerprint density at radius 3 is 2.44 bits per heavy atom. The average molecular weight is 494 g/mol. The molecule has 0 fully saturated rings. The number of rotatable bonds is 5. The molecule has 4 N–H and O–H groups in total. The lowest BCUT2D eigenvalue weighted by Crippen LogP contribution is -2.36. The van der Waals surface area contributed by atoms with Crippen molar-refractivity contribution in [3.8, 4) is 51.6 Å². The Morgan fingerprint density at radius 2 is 1.72 bits per heavy atom. The molecule has 2 unspecified atom stereocenters. The summed E-state index contributed by atoms with van der Waals surface area (Å²) in [5.41, 5.74) is 0.428. The van der Waals surface area contributed by atoms with Gasteiger partial charge in [-0.05, 0) is 24.3 Å². The van der Waals surface area contributed by atoms with Crippen molar-refractivity contribution in [2.75, 3.05) is 20.8 Å². The van der Waals surface area contributed by atoms with Crippen LogP contribution < -0.4 is 24.4 Å². The average Bonchev–Trinajstić information content (AvgIpc) is 2.86. The van der Waals surface area contributed by atoms with Crippen molar-refractivity contribution in [2.24, 2.45) is 0 Å². The molecule has 1 aromatic heterocycles. The van der Waals surface area contributed by atoms with E-state index in [1.165, 1.54) is 32.4 Å². The maximum Gasteiger partial charge on any atom is 0.204 e. The highest BCUT2D eigenvalue weighted by Crippen LogP contribution is 2.50. The van der Waals surface area contributed by atoms with Gasteiger partial charge in [-0.2, -0.15) is 0 Å². The number of aliphatic hydroxyl groups is 1. The predicted molar refractivity (Wildman–Crippen MR) is 127 cm³/mol. The van der Waals surface area contributed by atoms with Crippen molar-refractivity contribution < 1.29 is 43.8 Å². The van der Waals surface area contributed by atoms with E-state index < -0.39 is 30.0 Å². The Morgan fingerprint density at radius 1 is 0.917 bits per heavy atom. The number of ether oxygens (including phenoxy) is 4. The first-order valence-electron chi connectivity index (χ1n) is 10.9. The van der Waals surface area contributed by atoms with Gasteiger partial charge in [-0.25, -0.2) is 0 Å². The van der Waals surface area contributed by atoms with Gasteiger partial charge in [-0.3, -0.25) is 4.79 Å². The summed E-state index contributed by atoms with van der Waals surface area (Å²) in [6, 6.07) is 11.4. The number of phenols is 3. The molecule has 2 atom stereocenters. The van der Waals surface area contributed by atoms with Crippen LogP contribution in [0.1, 0.15) is 11.7 Å². The number of benzene rings is 3. The van der Waals surface area contributed by atoms with Crippen LogP contribution in [0.3, 0.4) is 0 Å². The summed E-state index contributed by atoms with van der Waals surface area (Å²) in [6.45, 7) is -0.399. The number of fused-ring (bicyclic) bond motifs is 2. The van der Waals surface area contributed by atoms with Gasteiger partial charge in [0.25, 0.3) is 0 Å². The lowest BCUT2D eigenvalue weighted by atomic mass is 10.0. The summed E-state index contributed by atoms with van der Waals surface area (Å²) in [6.07, 6.45) is -1.56. The van der Waals surface area contributed by atoms with Gasteiger partial charge in [0, 0.05) is 23.8 Å². The van der Waals surface area contributed by atoms with Crippen LogP contribution in [0.2, 0.25) is 0 Å². The second kappa shape index (κ2) is 8.90. The molecule has 2 heterocycles. The Bertz CT molecular complexity index is 1520. The predicted octanol–water partition coefficient (Wildman–Crippen LogP) is 3.47. The molecule has 10 heteroatoms. The topological polar surface area (TPSA) is 148 Å².